The number of carbonyl (C=O) groups excluding carboxylic acids is 1. The van der Waals surface area contributed by atoms with E-state index in [2.05, 4.69) is 14.7 Å². The van der Waals surface area contributed by atoms with Crippen LogP contribution in [0.15, 0.2) is 47.0 Å². The molecule has 0 aliphatic carbocycles. The van der Waals surface area contributed by atoms with Crippen LogP contribution in [0, 0.1) is 0 Å². The van der Waals surface area contributed by atoms with E-state index in [1.807, 2.05) is 18.2 Å². The third-order valence-corrected chi connectivity index (χ3v) is 2.69. The summed E-state index contributed by atoms with van der Waals surface area (Å²) in [7, 11) is 1.34. The number of esters is 1. The van der Waals surface area contributed by atoms with Gasteiger partial charge in [0.2, 0.25) is 5.89 Å². The third kappa shape index (κ3) is 2.06. The van der Waals surface area contributed by atoms with E-state index < -0.39 is 5.97 Å². The van der Waals surface area contributed by atoms with Crippen LogP contribution in [0.1, 0.15) is 10.4 Å². The second kappa shape index (κ2) is 4.53. The lowest BCUT2D eigenvalue weighted by molar-refractivity contribution is 0.0601. The van der Waals surface area contributed by atoms with Gasteiger partial charge < -0.3 is 9.15 Å². The van der Waals surface area contributed by atoms with E-state index in [9.17, 15) is 4.79 Å². The summed E-state index contributed by atoms with van der Waals surface area (Å²) in [6.45, 7) is 0. The van der Waals surface area contributed by atoms with Crippen molar-refractivity contribution in [2.45, 2.75) is 0 Å². The molecular formula is C14H10N2O3. The first-order chi connectivity index (χ1) is 9.28. The molecule has 94 valence electrons. The molecule has 0 bridgehead atoms. The Balaban J connectivity index is 2.09. The molecule has 0 saturated heterocycles. The molecule has 2 heterocycles. The molecule has 0 aliphatic heterocycles. The van der Waals surface area contributed by atoms with Gasteiger partial charge in [-0.05, 0) is 30.3 Å². The number of rotatable bonds is 2. The highest BCUT2D eigenvalue weighted by atomic mass is 16.5. The van der Waals surface area contributed by atoms with Gasteiger partial charge >= 0.3 is 5.97 Å². The van der Waals surface area contributed by atoms with Crippen LogP contribution in [0.4, 0.5) is 0 Å². The Kier molecular flexibility index (Phi) is 2.72. The number of carbonyl (C=O) groups is 1. The Bertz CT molecular complexity index is 735. The predicted molar refractivity (Wildman–Crippen MR) is 68.6 cm³/mol. The maximum atomic E-state index is 11.4. The largest absolute Gasteiger partial charge is 0.465 e. The molecule has 0 amide bonds. The quantitative estimate of drug-likeness (QED) is 0.658. The number of ether oxygens (including phenoxy) is 1. The van der Waals surface area contributed by atoms with Crippen LogP contribution in [0.5, 0.6) is 0 Å². The van der Waals surface area contributed by atoms with Gasteiger partial charge in [-0.3, -0.25) is 4.98 Å². The minimum absolute atomic E-state index is 0.399. The highest BCUT2D eigenvalue weighted by Crippen LogP contribution is 2.23. The Morgan fingerprint density at radius 2 is 2.16 bits per heavy atom. The summed E-state index contributed by atoms with van der Waals surface area (Å²) < 4.78 is 10.3. The summed E-state index contributed by atoms with van der Waals surface area (Å²) in [6.07, 6.45) is 1.67. The Labute approximate surface area is 108 Å². The van der Waals surface area contributed by atoms with E-state index in [0.29, 0.717) is 28.2 Å². The van der Waals surface area contributed by atoms with E-state index in [4.69, 9.17) is 4.42 Å². The zero-order chi connectivity index (χ0) is 13.2. The summed E-state index contributed by atoms with van der Waals surface area (Å²) in [6, 6.07) is 10.5. The molecule has 3 rings (SSSR count). The minimum Gasteiger partial charge on any atom is -0.465 e. The fourth-order valence-electron chi connectivity index (χ4n) is 1.77. The Hall–Kier alpha value is -2.69. The van der Waals surface area contributed by atoms with Crippen LogP contribution in [0.2, 0.25) is 0 Å². The maximum Gasteiger partial charge on any atom is 0.337 e. The van der Waals surface area contributed by atoms with Crippen LogP contribution in [0.3, 0.4) is 0 Å². The van der Waals surface area contributed by atoms with Crippen molar-refractivity contribution in [1.82, 2.24) is 9.97 Å². The van der Waals surface area contributed by atoms with Crippen molar-refractivity contribution in [3.8, 4) is 11.6 Å². The van der Waals surface area contributed by atoms with Crippen molar-refractivity contribution in [3.63, 3.8) is 0 Å². The SMILES string of the molecule is COC(=O)c1ccc2oc(-c3ccccn3)nc2c1. The van der Waals surface area contributed by atoms with E-state index in [-0.39, 0.29) is 0 Å². The molecule has 0 unspecified atom stereocenters. The van der Waals surface area contributed by atoms with Crippen molar-refractivity contribution in [2.24, 2.45) is 0 Å². The van der Waals surface area contributed by atoms with Gasteiger partial charge in [-0.15, -0.1) is 0 Å². The summed E-state index contributed by atoms with van der Waals surface area (Å²) in [5.74, 6) is 0.0295. The van der Waals surface area contributed by atoms with Gasteiger partial charge in [-0.1, -0.05) is 6.07 Å². The lowest BCUT2D eigenvalue weighted by Crippen LogP contribution is -2.00. The van der Waals surface area contributed by atoms with Gasteiger partial charge in [0, 0.05) is 6.20 Å². The average molecular weight is 254 g/mol. The van der Waals surface area contributed by atoms with E-state index in [1.54, 1.807) is 24.4 Å². The number of oxazole rings is 1. The summed E-state index contributed by atoms with van der Waals surface area (Å²) in [5.41, 5.74) is 2.30. The molecule has 0 atom stereocenters. The Morgan fingerprint density at radius 1 is 1.26 bits per heavy atom. The second-order valence-corrected chi connectivity index (χ2v) is 3.91. The standard InChI is InChI=1S/C14H10N2O3/c1-18-14(17)9-5-6-12-11(8-9)16-13(19-12)10-4-2-3-7-15-10/h2-8H,1H3. The topological polar surface area (TPSA) is 65.2 Å². The summed E-state index contributed by atoms with van der Waals surface area (Å²) >= 11 is 0. The first-order valence-corrected chi connectivity index (χ1v) is 5.68. The van der Waals surface area contributed by atoms with E-state index in [0.717, 1.165) is 0 Å². The Morgan fingerprint density at radius 3 is 2.89 bits per heavy atom. The zero-order valence-electron chi connectivity index (χ0n) is 10.2. The number of pyridine rings is 1. The van der Waals surface area contributed by atoms with Crippen LogP contribution < -0.4 is 0 Å². The molecule has 0 fully saturated rings. The first-order valence-electron chi connectivity index (χ1n) is 5.68. The van der Waals surface area contributed by atoms with Crippen molar-refractivity contribution < 1.29 is 13.9 Å². The van der Waals surface area contributed by atoms with Crippen LogP contribution in [-0.2, 0) is 4.74 Å². The molecule has 19 heavy (non-hydrogen) atoms. The molecule has 5 heteroatoms. The van der Waals surface area contributed by atoms with Crippen LogP contribution in [0.25, 0.3) is 22.7 Å². The monoisotopic (exact) mass is 254 g/mol. The average Bonchev–Trinajstić information content (AvgIpc) is 2.90. The molecular weight excluding hydrogens is 244 g/mol. The van der Waals surface area contributed by atoms with Gasteiger partial charge in [0.25, 0.3) is 0 Å². The lowest BCUT2D eigenvalue weighted by Gasteiger charge is -1.96. The molecule has 0 saturated carbocycles. The molecule has 0 radical (unpaired) electrons. The van der Waals surface area contributed by atoms with E-state index in [1.165, 1.54) is 7.11 Å². The number of aromatic nitrogens is 2. The number of nitrogens with zero attached hydrogens (tertiary/aromatic N) is 2. The van der Waals surface area contributed by atoms with Crippen molar-refractivity contribution >= 4 is 17.1 Å². The van der Waals surface area contributed by atoms with Gasteiger partial charge in [-0.25, -0.2) is 9.78 Å². The molecule has 0 aliphatic rings. The maximum absolute atomic E-state index is 11.4. The summed E-state index contributed by atoms with van der Waals surface area (Å²) in [4.78, 5) is 19.9. The van der Waals surface area contributed by atoms with Crippen molar-refractivity contribution in [3.05, 3.63) is 48.2 Å². The third-order valence-electron chi connectivity index (χ3n) is 2.69. The number of benzene rings is 1. The fraction of sp³-hybridized carbons (Fsp3) is 0.0714. The molecule has 5 nitrogen and oxygen atoms in total. The van der Waals surface area contributed by atoms with Gasteiger partial charge in [0.15, 0.2) is 5.58 Å². The molecule has 1 aromatic carbocycles. The number of hydrogen-bond acceptors (Lipinski definition) is 5. The van der Waals surface area contributed by atoms with Gasteiger partial charge in [0.05, 0.1) is 12.7 Å². The first kappa shape index (κ1) is 11.4. The van der Waals surface area contributed by atoms with Crippen LogP contribution in [-0.4, -0.2) is 23.0 Å². The van der Waals surface area contributed by atoms with Gasteiger partial charge in [0.1, 0.15) is 11.2 Å². The smallest absolute Gasteiger partial charge is 0.337 e. The molecule has 0 spiro atoms. The molecule has 0 N–H and O–H groups in total. The van der Waals surface area contributed by atoms with Crippen molar-refractivity contribution in [1.29, 1.82) is 0 Å². The van der Waals surface area contributed by atoms with Crippen LogP contribution >= 0.6 is 0 Å². The number of methoxy groups -OCH3 is 1. The molecule has 2 aromatic heterocycles. The molecule has 3 aromatic rings. The zero-order valence-corrected chi connectivity index (χ0v) is 10.2. The highest BCUT2D eigenvalue weighted by molar-refractivity contribution is 5.93. The fourth-order valence-corrected chi connectivity index (χ4v) is 1.77. The van der Waals surface area contributed by atoms with Gasteiger partial charge in [-0.2, -0.15) is 0 Å². The highest BCUT2D eigenvalue weighted by Gasteiger charge is 2.12. The van der Waals surface area contributed by atoms with E-state index >= 15 is 0 Å². The predicted octanol–water partition coefficient (Wildman–Crippen LogP) is 2.68. The number of hydrogen-bond donors (Lipinski definition) is 0. The second-order valence-electron chi connectivity index (χ2n) is 3.91. The minimum atomic E-state index is -0.399. The normalized spacial score (nSPS) is 10.6. The summed E-state index contributed by atoms with van der Waals surface area (Å²) in [5, 5.41) is 0. The van der Waals surface area contributed by atoms with Crippen molar-refractivity contribution in [2.75, 3.05) is 7.11 Å². The lowest BCUT2D eigenvalue weighted by atomic mass is 10.2. The number of fused-ring (bicyclic) bond motifs is 1.